The van der Waals surface area contributed by atoms with E-state index in [-0.39, 0.29) is 17.6 Å². The molecule has 0 heterocycles. The Hall–Kier alpha value is -1.62. The van der Waals surface area contributed by atoms with Crippen LogP contribution in [-0.4, -0.2) is 33.6 Å². The molecule has 4 nitrogen and oxygen atoms in total. The number of anilines is 1. The molecule has 1 atom stereocenters. The molecular weight excluding hydrogens is 245 g/mol. The third-order valence-corrected chi connectivity index (χ3v) is 3.06. The zero-order chi connectivity index (χ0) is 14.4. The number of carbonyl (C=O) groups excluding carboxylic acids is 1. The summed E-state index contributed by atoms with van der Waals surface area (Å²) in [5.41, 5.74) is 1.82. The zero-order valence-corrected chi connectivity index (χ0v) is 12.0. The fraction of sp³-hybridized carbons (Fsp3) is 0.500. The summed E-state index contributed by atoms with van der Waals surface area (Å²) < 4.78 is 13.3. The highest BCUT2D eigenvalue weighted by molar-refractivity contribution is 5.78. The number of carbonyl (C=O) groups is 1. The summed E-state index contributed by atoms with van der Waals surface area (Å²) in [6, 6.07) is 4.71. The minimum Gasteiger partial charge on any atom is -0.374 e. The number of amides is 1. The van der Waals surface area contributed by atoms with Crippen LogP contribution in [0.1, 0.15) is 12.5 Å². The molecule has 1 amide bonds. The number of halogens is 1. The Balaban J connectivity index is 2.86. The predicted octanol–water partition coefficient (Wildman–Crippen LogP) is 1.36. The Morgan fingerprint density at radius 2 is 2.11 bits per heavy atom. The first-order chi connectivity index (χ1) is 8.99. The summed E-state index contributed by atoms with van der Waals surface area (Å²) in [7, 11) is 5.36. The van der Waals surface area contributed by atoms with Crippen molar-refractivity contribution in [2.24, 2.45) is 5.92 Å². The fourth-order valence-electron chi connectivity index (χ4n) is 2.10. The number of nitrogens with one attached hydrogen (secondary N) is 2. The van der Waals surface area contributed by atoms with Gasteiger partial charge in [0.05, 0.1) is 5.92 Å². The van der Waals surface area contributed by atoms with Crippen LogP contribution in [0, 0.1) is 11.7 Å². The highest BCUT2D eigenvalue weighted by Crippen LogP contribution is 2.21. The Morgan fingerprint density at radius 3 is 2.68 bits per heavy atom. The maximum atomic E-state index is 13.3. The molecule has 19 heavy (non-hydrogen) atoms. The number of nitrogens with zero attached hydrogens (tertiary/aromatic N) is 1. The van der Waals surface area contributed by atoms with Crippen LogP contribution < -0.4 is 15.5 Å². The van der Waals surface area contributed by atoms with Gasteiger partial charge in [0.2, 0.25) is 5.91 Å². The van der Waals surface area contributed by atoms with E-state index in [1.54, 1.807) is 13.1 Å². The van der Waals surface area contributed by atoms with Crippen molar-refractivity contribution in [2.45, 2.75) is 13.5 Å². The van der Waals surface area contributed by atoms with Crippen LogP contribution in [0.15, 0.2) is 18.2 Å². The van der Waals surface area contributed by atoms with Crippen LogP contribution in [0.5, 0.6) is 0 Å². The summed E-state index contributed by atoms with van der Waals surface area (Å²) in [5, 5.41) is 5.65. The van der Waals surface area contributed by atoms with E-state index in [2.05, 4.69) is 10.6 Å². The second kappa shape index (κ2) is 7.09. The quantitative estimate of drug-likeness (QED) is 0.818. The average molecular weight is 267 g/mol. The molecule has 0 aliphatic rings. The normalized spacial score (nSPS) is 12.1. The molecule has 0 aliphatic heterocycles. The molecule has 5 heteroatoms. The standard InChI is InChI=1S/C14H22FN3O/c1-10(14(19)17-3)9-18(4)13-6-5-12(15)7-11(13)8-16-2/h5-7,10,16H,8-9H2,1-4H3,(H,17,19). The van der Waals surface area contributed by atoms with Crippen LogP contribution >= 0.6 is 0 Å². The highest BCUT2D eigenvalue weighted by Gasteiger charge is 2.16. The summed E-state index contributed by atoms with van der Waals surface area (Å²) in [4.78, 5) is 13.5. The largest absolute Gasteiger partial charge is 0.374 e. The van der Waals surface area contributed by atoms with Gasteiger partial charge < -0.3 is 15.5 Å². The lowest BCUT2D eigenvalue weighted by atomic mass is 10.1. The van der Waals surface area contributed by atoms with Gasteiger partial charge in [-0.15, -0.1) is 0 Å². The zero-order valence-electron chi connectivity index (χ0n) is 12.0. The van der Waals surface area contributed by atoms with Crippen molar-refractivity contribution in [2.75, 3.05) is 32.6 Å². The molecule has 1 unspecified atom stereocenters. The topological polar surface area (TPSA) is 44.4 Å². The van der Waals surface area contributed by atoms with Gasteiger partial charge in [-0.1, -0.05) is 6.92 Å². The fourth-order valence-corrected chi connectivity index (χ4v) is 2.10. The number of benzene rings is 1. The second-order valence-electron chi connectivity index (χ2n) is 4.70. The van der Waals surface area contributed by atoms with Gasteiger partial charge >= 0.3 is 0 Å². The molecule has 0 spiro atoms. The molecule has 0 radical (unpaired) electrons. The van der Waals surface area contributed by atoms with Crippen LogP contribution in [0.4, 0.5) is 10.1 Å². The van der Waals surface area contributed by atoms with Crippen molar-refractivity contribution in [1.82, 2.24) is 10.6 Å². The van der Waals surface area contributed by atoms with Crippen LogP contribution in [-0.2, 0) is 11.3 Å². The summed E-state index contributed by atoms with van der Waals surface area (Å²) >= 11 is 0. The van der Waals surface area contributed by atoms with Gasteiger partial charge in [0.1, 0.15) is 5.82 Å². The van der Waals surface area contributed by atoms with Gasteiger partial charge in [0, 0.05) is 32.9 Å². The molecule has 0 saturated heterocycles. The van der Waals surface area contributed by atoms with E-state index in [4.69, 9.17) is 0 Å². The van der Waals surface area contributed by atoms with Gasteiger partial charge in [0.15, 0.2) is 0 Å². The minimum absolute atomic E-state index is 0.00382. The number of hydrogen-bond acceptors (Lipinski definition) is 3. The smallest absolute Gasteiger partial charge is 0.224 e. The maximum absolute atomic E-state index is 13.3. The average Bonchev–Trinajstić information content (AvgIpc) is 2.38. The predicted molar refractivity (Wildman–Crippen MR) is 75.7 cm³/mol. The number of hydrogen-bond donors (Lipinski definition) is 2. The van der Waals surface area contributed by atoms with E-state index in [0.717, 1.165) is 11.3 Å². The first kappa shape index (κ1) is 15.4. The Kier molecular flexibility index (Phi) is 5.76. The molecule has 0 saturated carbocycles. The van der Waals surface area contributed by atoms with E-state index in [1.165, 1.54) is 12.1 Å². The van der Waals surface area contributed by atoms with E-state index in [0.29, 0.717) is 13.1 Å². The van der Waals surface area contributed by atoms with Crippen LogP contribution in [0.2, 0.25) is 0 Å². The van der Waals surface area contributed by atoms with Crippen molar-refractivity contribution in [3.8, 4) is 0 Å². The number of rotatable bonds is 6. The summed E-state index contributed by atoms with van der Waals surface area (Å²) in [5.74, 6) is -0.367. The first-order valence-corrected chi connectivity index (χ1v) is 6.35. The highest BCUT2D eigenvalue weighted by atomic mass is 19.1. The van der Waals surface area contributed by atoms with Gasteiger partial charge in [0.25, 0.3) is 0 Å². The van der Waals surface area contributed by atoms with Crippen LogP contribution in [0.25, 0.3) is 0 Å². The molecule has 0 aromatic heterocycles. The third kappa shape index (κ3) is 4.21. The molecule has 2 N–H and O–H groups in total. The Morgan fingerprint density at radius 1 is 1.42 bits per heavy atom. The van der Waals surface area contributed by atoms with Crippen molar-refractivity contribution in [3.05, 3.63) is 29.6 Å². The van der Waals surface area contributed by atoms with Crippen molar-refractivity contribution in [3.63, 3.8) is 0 Å². The molecule has 0 aliphatic carbocycles. The maximum Gasteiger partial charge on any atom is 0.224 e. The van der Waals surface area contributed by atoms with E-state index in [1.807, 2.05) is 25.9 Å². The molecular formula is C14H22FN3O. The monoisotopic (exact) mass is 267 g/mol. The van der Waals surface area contributed by atoms with Crippen LogP contribution in [0.3, 0.4) is 0 Å². The Bertz CT molecular complexity index is 437. The van der Waals surface area contributed by atoms with Gasteiger partial charge in [-0.05, 0) is 30.8 Å². The van der Waals surface area contributed by atoms with Gasteiger partial charge in [-0.3, -0.25) is 4.79 Å². The van der Waals surface area contributed by atoms with E-state index >= 15 is 0 Å². The molecule has 1 aromatic carbocycles. The molecule has 106 valence electrons. The minimum atomic E-state index is -0.248. The van der Waals surface area contributed by atoms with Gasteiger partial charge in [-0.2, -0.15) is 0 Å². The molecule has 0 bridgehead atoms. The lowest BCUT2D eigenvalue weighted by Crippen LogP contribution is -2.34. The van der Waals surface area contributed by atoms with E-state index in [9.17, 15) is 9.18 Å². The summed E-state index contributed by atoms with van der Waals surface area (Å²) in [6.45, 7) is 3.05. The molecule has 1 rings (SSSR count). The molecule has 0 fully saturated rings. The van der Waals surface area contributed by atoms with Crippen molar-refractivity contribution in [1.29, 1.82) is 0 Å². The SMILES string of the molecule is CNCc1cc(F)ccc1N(C)CC(C)C(=O)NC. The molecule has 1 aromatic rings. The lowest BCUT2D eigenvalue weighted by Gasteiger charge is -2.25. The second-order valence-corrected chi connectivity index (χ2v) is 4.70. The summed E-state index contributed by atoms with van der Waals surface area (Å²) in [6.07, 6.45) is 0. The van der Waals surface area contributed by atoms with E-state index < -0.39 is 0 Å². The first-order valence-electron chi connectivity index (χ1n) is 6.35. The lowest BCUT2D eigenvalue weighted by molar-refractivity contribution is -0.123. The van der Waals surface area contributed by atoms with Gasteiger partial charge in [-0.25, -0.2) is 4.39 Å². The van der Waals surface area contributed by atoms with Crippen molar-refractivity contribution >= 4 is 11.6 Å². The Labute approximate surface area is 114 Å². The third-order valence-electron chi connectivity index (χ3n) is 3.06. The van der Waals surface area contributed by atoms with Crippen molar-refractivity contribution < 1.29 is 9.18 Å².